The first-order chi connectivity index (χ1) is 8.75. The van der Waals surface area contributed by atoms with E-state index in [9.17, 15) is 4.79 Å². The van der Waals surface area contributed by atoms with Crippen LogP contribution >= 0.6 is 0 Å². The average Bonchev–Trinajstić information content (AvgIpc) is 2.40. The third-order valence-electron chi connectivity index (χ3n) is 3.22. The Kier molecular flexibility index (Phi) is 4.66. The van der Waals surface area contributed by atoms with Gasteiger partial charge in [0.05, 0.1) is 0 Å². The summed E-state index contributed by atoms with van der Waals surface area (Å²) in [6.07, 6.45) is 3.88. The molecule has 1 aromatic rings. The van der Waals surface area contributed by atoms with Crippen molar-refractivity contribution in [3.8, 4) is 0 Å². The van der Waals surface area contributed by atoms with Crippen LogP contribution in [-0.4, -0.2) is 48.0 Å². The van der Waals surface area contributed by atoms with Crippen molar-refractivity contribution in [1.29, 1.82) is 0 Å². The Morgan fingerprint density at radius 2 is 2.11 bits per heavy atom. The number of nitrogens with one attached hydrogen (secondary N) is 2. The number of anilines is 1. The second kappa shape index (κ2) is 6.47. The normalized spacial score (nSPS) is 18.3. The van der Waals surface area contributed by atoms with Crippen molar-refractivity contribution in [3.63, 3.8) is 0 Å². The number of hydrogen-bond acceptors (Lipinski definition) is 4. The van der Waals surface area contributed by atoms with Gasteiger partial charge in [-0.05, 0) is 19.1 Å². The first-order valence-electron chi connectivity index (χ1n) is 6.40. The highest BCUT2D eigenvalue weighted by Gasteiger charge is 2.18. The van der Waals surface area contributed by atoms with Crippen LogP contribution in [0.2, 0.25) is 0 Å². The summed E-state index contributed by atoms with van der Waals surface area (Å²) in [6, 6.07) is 3.88. The summed E-state index contributed by atoms with van der Waals surface area (Å²) in [6.45, 7) is 6.16. The molecule has 1 aliphatic rings. The summed E-state index contributed by atoms with van der Waals surface area (Å²) in [4.78, 5) is 18.2. The van der Waals surface area contributed by atoms with Crippen LogP contribution in [0.4, 0.5) is 5.69 Å². The molecule has 2 N–H and O–H groups in total. The van der Waals surface area contributed by atoms with E-state index in [2.05, 4.69) is 27.4 Å². The fourth-order valence-corrected chi connectivity index (χ4v) is 2.17. The van der Waals surface area contributed by atoms with Crippen molar-refractivity contribution in [2.45, 2.75) is 19.4 Å². The predicted octanol–water partition coefficient (Wildman–Crippen LogP) is 0.704. The monoisotopic (exact) mass is 248 g/mol. The van der Waals surface area contributed by atoms with Gasteiger partial charge in [-0.1, -0.05) is 0 Å². The smallest absolute Gasteiger partial charge is 0.225 e. The van der Waals surface area contributed by atoms with Gasteiger partial charge in [0.2, 0.25) is 5.91 Å². The molecule has 1 amide bonds. The number of rotatable bonds is 4. The van der Waals surface area contributed by atoms with Gasteiger partial charge in [0, 0.05) is 56.7 Å². The van der Waals surface area contributed by atoms with Crippen LogP contribution in [0.5, 0.6) is 0 Å². The summed E-state index contributed by atoms with van der Waals surface area (Å²) in [5.41, 5.74) is 0.808. The van der Waals surface area contributed by atoms with Crippen molar-refractivity contribution in [3.05, 3.63) is 24.5 Å². The molecule has 0 saturated carbocycles. The van der Waals surface area contributed by atoms with Gasteiger partial charge in [-0.25, -0.2) is 0 Å². The van der Waals surface area contributed by atoms with E-state index in [4.69, 9.17) is 0 Å². The standard InChI is InChI=1S/C13H20N4O/c1-11(17-8-6-15-7-9-17)10-13(18)16-12-2-4-14-5-3-12/h2-5,11,15H,6-10H2,1H3,(H,14,16,18). The fourth-order valence-electron chi connectivity index (χ4n) is 2.17. The molecule has 1 unspecified atom stereocenters. The van der Waals surface area contributed by atoms with Crippen LogP contribution in [0, 0.1) is 0 Å². The second-order valence-electron chi connectivity index (χ2n) is 4.62. The molecule has 5 nitrogen and oxygen atoms in total. The zero-order valence-electron chi connectivity index (χ0n) is 10.7. The molecule has 2 heterocycles. The van der Waals surface area contributed by atoms with Crippen LogP contribution in [0.15, 0.2) is 24.5 Å². The minimum absolute atomic E-state index is 0.0623. The van der Waals surface area contributed by atoms with Crippen LogP contribution in [0.3, 0.4) is 0 Å². The highest BCUT2D eigenvalue weighted by molar-refractivity contribution is 5.90. The summed E-state index contributed by atoms with van der Waals surface area (Å²) < 4.78 is 0. The molecule has 1 aromatic heterocycles. The Labute approximate surface area is 108 Å². The lowest BCUT2D eigenvalue weighted by Crippen LogP contribution is -2.48. The molecule has 1 fully saturated rings. The zero-order chi connectivity index (χ0) is 12.8. The molecule has 1 saturated heterocycles. The third-order valence-corrected chi connectivity index (χ3v) is 3.22. The van der Waals surface area contributed by atoms with Crippen molar-refractivity contribution in [2.24, 2.45) is 0 Å². The maximum Gasteiger partial charge on any atom is 0.225 e. The molecule has 2 rings (SSSR count). The van der Waals surface area contributed by atoms with E-state index in [0.717, 1.165) is 31.9 Å². The number of carbonyl (C=O) groups is 1. The molecular formula is C13H20N4O. The topological polar surface area (TPSA) is 57.3 Å². The molecule has 1 aliphatic heterocycles. The minimum Gasteiger partial charge on any atom is -0.326 e. The number of nitrogens with zero attached hydrogens (tertiary/aromatic N) is 2. The Morgan fingerprint density at radius 1 is 1.44 bits per heavy atom. The molecule has 0 bridgehead atoms. The minimum atomic E-state index is 0.0623. The number of carbonyl (C=O) groups excluding carboxylic acids is 1. The molecule has 0 spiro atoms. The molecule has 1 atom stereocenters. The molecule has 5 heteroatoms. The largest absolute Gasteiger partial charge is 0.326 e. The van der Waals surface area contributed by atoms with Gasteiger partial charge in [-0.2, -0.15) is 0 Å². The molecule has 0 aliphatic carbocycles. The van der Waals surface area contributed by atoms with Gasteiger partial charge in [0.1, 0.15) is 0 Å². The quantitative estimate of drug-likeness (QED) is 0.823. The second-order valence-corrected chi connectivity index (χ2v) is 4.62. The Morgan fingerprint density at radius 3 is 2.78 bits per heavy atom. The lowest BCUT2D eigenvalue weighted by atomic mass is 10.1. The maximum absolute atomic E-state index is 11.9. The van der Waals surface area contributed by atoms with Crippen LogP contribution in [0.25, 0.3) is 0 Å². The van der Waals surface area contributed by atoms with E-state index >= 15 is 0 Å². The highest BCUT2D eigenvalue weighted by Crippen LogP contribution is 2.08. The molecule has 18 heavy (non-hydrogen) atoms. The summed E-state index contributed by atoms with van der Waals surface area (Å²) in [7, 11) is 0. The first-order valence-corrected chi connectivity index (χ1v) is 6.40. The number of piperazine rings is 1. The predicted molar refractivity (Wildman–Crippen MR) is 71.4 cm³/mol. The van der Waals surface area contributed by atoms with Gasteiger partial charge < -0.3 is 10.6 Å². The van der Waals surface area contributed by atoms with E-state index in [0.29, 0.717) is 6.42 Å². The Hall–Kier alpha value is -1.46. The fraction of sp³-hybridized carbons (Fsp3) is 0.538. The molecular weight excluding hydrogens is 228 g/mol. The Bertz CT molecular complexity index is 376. The van der Waals surface area contributed by atoms with E-state index in [1.54, 1.807) is 24.5 Å². The van der Waals surface area contributed by atoms with Gasteiger partial charge in [-0.15, -0.1) is 0 Å². The lowest BCUT2D eigenvalue weighted by Gasteiger charge is -2.32. The van der Waals surface area contributed by atoms with Gasteiger partial charge >= 0.3 is 0 Å². The Balaban J connectivity index is 1.79. The maximum atomic E-state index is 11.9. The summed E-state index contributed by atoms with van der Waals surface area (Å²) in [5.74, 6) is 0.0623. The first kappa shape index (κ1) is 13.0. The van der Waals surface area contributed by atoms with E-state index < -0.39 is 0 Å². The van der Waals surface area contributed by atoms with Crippen LogP contribution in [0.1, 0.15) is 13.3 Å². The van der Waals surface area contributed by atoms with E-state index in [-0.39, 0.29) is 11.9 Å². The zero-order valence-corrected chi connectivity index (χ0v) is 10.7. The summed E-state index contributed by atoms with van der Waals surface area (Å²) in [5, 5.41) is 6.20. The van der Waals surface area contributed by atoms with E-state index in [1.165, 1.54) is 0 Å². The SMILES string of the molecule is CC(CC(=O)Nc1ccncc1)N1CCNCC1. The molecule has 0 radical (unpaired) electrons. The van der Waals surface area contributed by atoms with Crippen LogP contribution < -0.4 is 10.6 Å². The van der Waals surface area contributed by atoms with Crippen molar-refractivity contribution in [2.75, 3.05) is 31.5 Å². The van der Waals surface area contributed by atoms with Gasteiger partial charge in [0.15, 0.2) is 0 Å². The van der Waals surface area contributed by atoms with Gasteiger partial charge in [0.25, 0.3) is 0 Å². The van der Waals surface area contributed by atoms with Crippen molar-refractivity contribution in [1.82, 2.24) is 15.2 Å². The van der Waals surface area contributed by atoms with E-state index in [1.807, 2.05) is 0 Å². The highest BCUT2D eigenvalue weighted by atomic mass is 16.1. The number of pyridine rings is 1. The average molecular weight is 248 g/mol. The number of hydrogen-bond donors (Lipinski definition) is 2. The summed E-state index contributed by atoms with van der Waals surface area (Å²) >= 11 is 0. The number of aromatic nitrogens is 1. The third kappa shape index (κ3) is 3.78. The number of amides is 1. The molecule has 98 valence electrons. The van der Waals surface area contributed by atoms with Crippen molar-refractivity contribution >= 4 is 11.6 Å². The lowest BCUT2D eigenvalue weighted by molar-refractivity contribution is -0.117. The van der Waals surface area contributed by atoms with Gasteiger partial charge in [-0.3, -0.25) is 14.7 Å². The van der Waals surface area contributed by atoms with Crippen molar-refractivity contribution < 1.29 is 4.79 Å². The van der Waals surface area contributed by atoms with Crippen LogP contribution in [-0.2, 0) is 4.79 Å². The molecule has 0 aromatic carbocycles.